The molecule has 0 fully saturated rings. The Bertz CT molecular complexity index is 729. The molecule has 0 bridgehead atoms. The van der Waals surface area contributed by atoms with E-state index in [2.05, 4.69) is 0 Å². The van der Waals surface area contributed by atoms with Crippen LogP contribution in [0.3, 0.4) is 0 Å². The Morgan fingerprint density at radius 1 is 0.654 bits per heavy atom. The molecule has 0 heterocycles. The molecule has 2 aromatic rings. The normalized spacial score (nSPS) is 10.2. The minimum absolute atomic E-state index is 0.0662. The second-order valence-electron chi connectivity index (χ2n) is 5.48. The van der Waals surface area contributed by atoms with Crippen LogP contribution in [0.4, 0.5) is 0 Å². The minimum atomic E-state index is -0.176. The lowest BCUT2D eigenvalue weighted by Crippen LogP contribution is -2.08. The van der Waals surface area contributed by atoms with Crippen LogP contribution in [0.2, 0.25) is 0 Å². The average molecular weight is 358 g/mol. The van der Waals surface area contributed by atoms with Crippen molar-refractivity contribution in [3.8, 4) is 23.0 Å². The average Bonchev–Trinajstić information content (AvgIpc) is 2.70. The van der Waals surface area contributed by atoms with E-state index < -0.39 is 0 Å². The Balaban J connectivity index is 2.11. The third kappa shape index (κ3) is 4.33. The van der Waals surface area contributed by atoms with Crippen molar-refractivity contribution in [2.24, 2.45) is 0 Å². The number of ketones is 2. The molecule has 0 radical (unpaired) electrons. The van der Waals surface area contributed by atoms with Gasteiger partial charge in [-0.15, -0.1) is 0 Å². The standard InChI is InChI=1S/C20H22O6/c1-23-13-5-7-15(19(11-13)25-3)17(21)9-10-18(22)16-8-6-14(24-2)12-20(16)26-4/h5-8,11-12H,9-10H2,1-4H3. The molecule has 6 nitrogen and oxygen atoms in total. The first kappa shape index (κ1) is 19.3. The Labute approximate surface area is 152 Å². The van der Waals surface area contributed by atoms with Crippen LogP contribution in [0.1, 0.15) is 33.6 Å². The summed E-state index contributed by atoms with van der Waals surface area (Å²) in [7, 11) is 6.05. The van der Waals surface area contributed by atoms with Crippen molar-refractivity contribution in [3.05, 3.63) is 47.5 Å². The third-order valence-electron chi connectivity index (χ3n) is 4.00. The van der Waals surface area contributed by atoms with Gasteiger partial charge in [-0.2, -0.15) is 0 Å². The number of carbonyl (C=O) groups excluding carboxylic acids is 2. The van der Waals surface area contributed by atoms with E-state index in [0.29, 0.717) is 34.1 Å². The van der Waals surface area contributed by atoms with Crippen molar-refractivity contribution >= 4 is 11.6 Å². The Kier molecular flexibility index (Phi) is 6.60. The van der Waals surface area contributed by atoms with Gasteiger partial charge in [0, 0.05) is 25.0 Å². The van der Waals surface area contributed by atoms with E-state index in [4.69, 9.17) is 18.9 Å². The predicted molar refractivity (Wildman–Crippen MR) is 97.0 cm³/mol. The molecule has 0 aromatic heterocycles. The molecule has 6 heteroatoms. The number of carbonyl (C=O) groups is 2. The van der Waals surface area contributed by atoms with Gasteiger partial charge in [0.1, 0.15) is 23.0 Å². The van der Waals surface area contributed by atoms with Crippen molar-refractivity contribution in [2.45, 2.75) is 12.8 Å². The van der Waals surface area contributed by atoms with Gasteiger partial charge in [0.25, 0.3) is 0 Å². The molecular formula is C20H22O6. The first-order chi connectivity index (χ1) is 12.5. The molecule has 2 rings (SSSR count). The Morgan fingerprint density at radius 3 is 1.35 bits per heavy atom. The van der Waals surface area contributed by atoms with Gasteiger partial charge < -0.3 is 18.9 Å². The molecule has 26 heavy (non-hydrogen) atoms. The number of hydrogen-bond acceptors (Lipinski definition) is 6. The predicted octanol–water partition coefficient (Wildman–Crippen LogP) is 3.57. The minimum Gasteiger partial charge on any atom is -0.497 e. The summed E-state index contributed by atoms with van der Waals surface area (Å²) in [6.45, 7) is 0. The SMILES string of the molecule is COc1ccc(C(=O)CCC(=O)c2ccc(OC)cc2OC)c(OC)c1. The fourth-order valence-electron chi connectivity index (χ4n) is 2.55. The van der Waals surface area contributed by atoms with Gasteiger partial charge in [0.2, 0.25) is 0 Å². The van der Waals surface area contributed by atoms with Crippen LogP contribution in [-0.2, 0) is 0 Å². The highest BCUT2D eigenvalue weighted by molar-refractivity contribution is 6.04. The molecule has 0 N–H and O–H groups in total. The van der Waals surface area contributed by atoms with Gasteiger partial charge in [-0.3, -0.25) is 9.59 Å². The lowest BCUT2D eigenvalue weighted by atomic mass is 10.00. The highest BCUT2D eigenvalue weighted by Gasteiger charge is 2.18. The lowest BCUT2D eigenvalue weighted by Gasteiger charge is -2.11. The summed E-state index contributed by atoms with van der Waals surface area (Å²) < 4.78 is 20.7. The van der Waals surface area contributed by atoms with Crippen LogP contribution in [0.25, 0.3) is 0 Å². The van der Waals surface area contributed by atoms with Crippen LogP contribution in [0.15, 0.2) is 36.4 Å². The van der Waals surface area contributed by atoms with E-state index in [9.17, 15) is 9.59 Å². The van der Waals surface area contributed by atoms with Crippen LogP contribution >= 0.6 is 0 Å². The van der Waals surface area contributed by atoms with Crippen molar-refractivity contribution in [1.29, 1.82) is 0 Å². The van der Waals surface area contributed by atoms with E-state index in [0.717, 1.165) is 0 Å². The van der Waals surface area contributed by atoms with Gasteiger partial charge in [-0.25, -0.2) is 0 Å². The number of hydrogen-bond donors (Lipinski definition) is 0. The van der Waals surface area contributed by atoms with Gasteiger partial charge in [0.05, 0.1) is 39.6 Å². The summed E-state index contributed by atoms with van der Waals surface area (Å²) in [6.07, 6.45) is 0.132. The quantitative estimate of drug-likeness (QED) is 0.638. The summed E-state index contributed by atoms with van der Waals surface area (Å²) in [5.74, 6) is 1.68. The number of rotatable bonds is 9. The van der Waals surface area contributed by atoms with Gasteiger partial charge in [-0.1, -0.05) is 0 Å². The largest absolute Gasteiger partial charge is 0.497 e. The molecule has 0 spiro atoms. The maximum Gasteiger partial charge on any atom is 0.167 e. The van der Waals surface area contributed by atoms with Crippen LogP contribution in [0.5, 0.6) is 23.0 Å². The van der Waals surface area contributed by atoms with Crippen LogP contribution in [0, 0.1) is 0 Å². The van der Waals surface area contributed by atoms with Crippen LogP contribution < -0.4 is 18.9 Å². The highest BCUT2D eigenvalue weighted by atomic mass is 16.5. The summed E-state index contributed by atoms with van der Waals surface area (Å²) in [6, 6.07) is 9.92. The molecule has 0 unspecified atom stereocenters. The first-order valence-electron chi connectivity index (χ1n) is 8.04. The van der Waals surface area contributed by atoms with E-state index in [-0.39, 0.29) is 24.4 Å². The maximum atomic E-state index is 12.5. The third-order valence-corrected chi connectivity index (χ3v) is 4.00. The molecule has 0 aliphatic rings. The summed E-state index contributed by atoms with van der Waals surface area (Å²) in [5, 5.41) is 0. The zero-order valence-electron chi connectivity index (χ0n) is 15.3. The van der Waals surface area contributed by atoms with Crippen LogP contribution in [-0.4, -0.2) is 40.0 Å². The molecule has 138 valence electrons. The molecule has 2 aromatic carbocycles. The van der Waals surface area contributed by atoms with E-state index in [1.165, 1.54) is 28.4 Å². The molecule has 0 aliphatic heterocycles. The van der Waals surface area contributed by atoms with Gasteiger partial charge in [-0.05, 0) is 24.3 Å². The Hall–Kier alpha value is -3.02. The van der Waals surface area contributed by atoms with E-state index in [1.807, 2.05) is 0 Å². The highest BCUT2D eigenvalue weighted by Crippen LogP contribution is 2.28. The number of methoxy groups -OCH3 is 4. The van der Waals surface area contributed by atoms with E-state index >= 15 is 0 Å². The smallest absolute Gasteiger partial charge is 0.167 e. The first-order valence-corrected chi connectivity index (χ1v) is 8.04. The monoisotopic (exact) mass is 358 g/mol. The van der Waals surface area contributed by atoms with Gasteiger partial charge in [0.15, 0.2) is 11.6 Å². The molecule has 0 aliphatic carbocycles. The summed E-state index contributed by atoms with van der Waals surface area (Å²) >= 11 is 0. The summed E-state index contributed by atoms with van der Waals surface area (Å²) in [4.78, 5) is 25.0. The zero-order valence-corrected chi connectivity index (χ0v) is 15.3. The topological polar surface area (TPSA) is 71.1 Å². The zero-order chi connectivity index (χ0) is 19.1. The molecule has 0 saturated heterocycles. The van der Waals surface area contributed by atoms with Crippen molar-refractivity contribution < 1.29 is 28.5 Å². The van der Waals surface area contributed by atoms with E-state index in [1.54, 1.807) is 36.4 Å². The molecule has 0 amide bonds. The fraction of sp³-hybridized carbons (Fsp3) is 0.300. The number of ether oxygens (including phenoxy) is 4. The number of benzene rings is 2. The lowest BCUT2D eigenvalue weighted by molar-refractivity contribution is 0.0914. The van der Waals surface area contributed by atoms with Crippen molar-refractivity contribution in [2.75, 3.05) is 28.4 Å². The molecule has 0 saturated carbocycles. The second kappa shape index (κ2) is 8.89. The number of Topliss-reactive ketones (excluding diaryl/α,β-unsaturated/α-hetero) is 2. The Morgan fingerprint density at radius 2 is 1.04 bits per heavy atom. The maximum absolute atomic E-state index is 12.5. The van der Waals surface area contributed by atoms with Crippen molar-refractivity contribution in [3.63, 3.8) is 0 Å². The summed E-state index contributed by atoms with van der Waals surface area (Å²) in [5.41, 5.74) is 0.839. The van der Waals surface area contributed by atoms with Crippen molar-refractivity contribution in [1.82, 2.24) is 0 Å². The fourth-order valence-corrected chi connectivity index (χ4v) is 2.55. The molecule has 0 atom stereocenters. The van der Waals surface area contributed by atoms with Gasteiger partial charge >= 0.3 is 0 Å². The second-order valence-corrected chi connectivity index (χ2v) is 5.48. The molecular weight excluding hydrogens is 336 g/mol.